The summed E-state index contributed by atoms with van der Waals surface area (Å²) in [6.45, 7) is 2.70. The van der Waals surface area contributed by atoms with Crippen molar-refractivity contribution in [1.29, 1.82) is 0 Å². The van der Waals surface area contributed by atoms with E-state index < -0.39 is 0 Å². The molecule has 1 atom stereocenters. The van der Waals surface area contributed by atoms with Crippen LogP contribution >= 0.6 is 0 Å². The Hall–Kier alpha value is -3.02. The third kappa shape index (κ3) is 3.60. The van der Waals surface area contributed by atoms with E-state index in [1.807, 2.05) is 36.1 Å². The van der Waals surface area contributed by atoms with Gasteiger partial charge in [0, 0.05) is 12.1 Å². The molecule has 27 heavy (non-hydrogen) atoms. The van der Waals surface area contributed by atoms with Gasteiger partial charge < -0.3 is 9.42 Å². The summed E-state index contributed by atoms with van der Waals surface area (Å²) in [4.78, 5) is 19.1. The first-order chi connectivity index (χ1) is 13.1. The first-order valence-electron chi connectivity index (χ1n) is 9.05. The molecule has 0 radical (unpaired) electrons. The van der Waals surface area contributed by atoms with Crippen LogP contribution in [-0.2, 0) is 11.2 Å². The number of likely N-dealkylation sites (tertiary alicyclic amines) is 1. The van der Waals surface area contributed by atoms with E-state index in [0.717, 1.165) is 24.0 Å². The predicted molar refractivity (Wildman–Crippen MR) is 98.3 cm³/mol. The normalized spacial score (nSPS) is 16.7. The number of aryl methyl sites for hydroxylation is 1. The molecule has 5 nitrogen and oxygen atoms in total. The number of amides is 1. The van der Waals surface area contributed by atoms with Crippen LogP contribution in [0.3, 0.4) is 0 Å². The summed E-state index contributed by atoms with van der Waals surface area (Å²) in [6, 6.07) is 13.6. The van der Waals surface area contributed by atoms with Gasteiger partial charge in [0.2, 0.25) is 17.6 Å². The SMILES string of the molecule is Cc1ccccc1CC(=O)N1CCC[C@H]1c1nc(-c2ccc(F)cc2)no1. The first kappa shape index (κ1) is 17.4. The smallest absolute Gasteiger partial charge is 0.249 e. The number of hydrogen-bond acceptors (Lipinski definition) is 4. The maximum Gasteiger partial charge on any atom is 0.249 e. The third-order valence-corrected chi connectivity index (χ3v) is 5.01. The molecular formula is C21H20FN3O2. The second-order valence-corrected chi connectivity index (χ2v) is 6.81. The summed E-state index contributed by atoms with van der Waals surface area (Å²) >= 11 is 0. The molecule has 1 saturated heterocycles. The van der Waals surface area contributed by atoms with Crippen molar-refractivity contribution in [3.05, 3.63) is 71.4 Å². The third-order valence-electron chi connectivity index (χ3n) is 5.01. The van der Waals surface area contributed by atoms with Crippen LogP contribution in [0.4, 0.5) is 4.39 Å². The number of rotatable bonds is 4. The van der Waals surface area contributed by atoms with Gasteiger partial charge in [-0.2, -0.15) is 4.98 Å². The average Bonchev–Trinajstić information content (AvgIpc) is 3.33. The van der Waals surface area contributed by atoms with Crippen molar-refractivity contribution in [1.82, 2.24) is 15.0 Å². The van der Waals surface area contributed by atoms with Crippen molar-refractivity contribution in [3.63, 3.8) is 0 Å². The molecule has 138 valence electrons. The number of halogens is 1. The van der Waals surface area contributed by atoms with Gasteiger partial charge in [-0.25, -0.2) is 4.39 Å². The van der Waals surface area contributed by atoms with E-state index in [9.17, 15) is 9.18 Å². The lowest BCUT2D eigenvalue weighted by Crippen LogP contribution is -2.32. The fourth-order valence-corrected chi connectivity index (χ4v) is 3.48. The van der Waals surface area contributed by atoms with Gasteiger partial charge in [-0.3, -0.25) is 4.79 Å². The molecule has 1 amide bonds. The van der Waals surface area contributed by atoms with E-state index in [2.05, 4.69) is 10.1 Å². The Morgan fingerprint density at radius 1 is 1.22 bits per heavy atom. The Balaban J connectivity index is 1.52. The minimum atomic E-state index is -0.314. The molecule has 0 N–H and O–H groups in total. The zero-order chi connectivity index (χ0) is 18.8. The maximum atomic E-state index is 13.1. The number of hydrogen-bond donors (Lipinski definition) is 0. The highest BCUT2D eigenvalue weighted by molar-refractivity contribution is 5.79. The summed E-state index contributed by atoms with van der Waals surface area (Å²) in [7, 11) is 0. The van der Waals surface area contributed by atoms with Crippen LogP contribution in [0.15, 0.2) is 53.1 Å². The van der Waals surface area contributed by atoms with Crippen LogP contribution in [0.1, 0.15) is 35.9 Å². The highest BCUT2D eigenvalue weighted by Crippen LogP contribution is 2.32. The minimum Gasteiger partial charge on any atom is -0.337 e. The lowest BCUT2D eigenvalue weighted by molar-refractivity contribution is -0.131. The molecule has 2 aromatic carbocycles. The summed E-state index contributed by atoms with van der Waals surface area (Å²) in [5, 5.41) is 4.01. The fourth-order valence-electron chi connectivity index (χ4n) is 3.48. The largest absolute Gasteiger partial charge is 0.337 e. The van der Waals surface area contributed by atoms with Crippen molar-refractivity contribution >= 4 is 5.91 Å². The van der Waals surface area contributed by atoms with Crippen LogP contribution < -0.4 is 0 Å². The topological polar surface area (TPSA) is 59.2 Å². The molecular weight excluding hydrogens is 345 g/mol. The molecule has 1 aromatic heterocycles. The molecule has 4 rings (SSSR count). The van der Waals surface area contributed by atoms with Crippen LogP contribution in [0.5, 0.6) is 0 Å². The fraction of sp³-hybridized carbons (Fsp3) is 0.286. The predicted octanol–water partition coefficient (Wildman–Crippen LogP) is 4.09. The second-order valence-electron chi connectivity index (χ2n) is 6.81. The van der Waals surface area contributed by atoms with Crippen LogP contribution in [-0.4, -0.2) is 27.5 Å². The Bertz CT molecular complexity index is 952. The molecule has 1 aliphatic heterocycles. The van der Waals surface area contributed by atoms with Gasteiger partial charge in [0.25, 0.3) is 0 Å². The molecule has 0 spiro atoms. The van der Waals surface area contributed by atoms with E-state index in [1.165, 1.54) is 12.1 Å². The quantitative estimate of drug-likeness (QED) is 0.699. The van der Waals surface area contributed by atoms with Crippen LogP contribution in [0.2, 0.25) is 0 Å². The van der Waals surface area contributed by atoms with Gasteiger partial charge in [0.15, 0.2) is 0 Å². The summed E-state index contributed by atoms with van der Waals surface area (Å²) in [5.74, 6) is 0.590. The number of aromatic nitrogens is 2. The molecule has 2 heterocycles. The number of carbonyl (C=O) groups is 1. The highest BCUT2D eigenvalue weighted by Gasteiger charge is 2.34. The van der Waals surface area contributed by atoms with Crippen molar-refractivity contribution in [3.8, 4) is 11.4 Å². The standard InChI is InChI=1S/C21H20FN3O2/c1-14-5-2-3-6-16(14)13-19(26)25-12-4-7-18(25)21-23-20(24-27-21)15-8-10-17(22)11-9-15/h2-3,5-6,8-11,18H,4,7,12-13H2,1H3/t18-/m0/s1. The summed E-state index contributed by atoms with van der Waals surface area (Å²) < 4.78 is 18.5. The zero-order valence-corrected chi connectivity index (χ0v) is 15.1. The summed E-state index contributed by atoms with van der Waals surface area (Å²) in [6.07, 6.45) is 2.06. The molecule has 6 heteroatoms. The zero-order valence-electron chi connectivity index (χ0n) is 15.1. The van der Waals surface area contributed by atoms with E-state index in [4.69, 9.17) is 4.52 Å². The molecule has 0 saturated carbocycles. The van der Waals surface area contributed by atoms with Crippen molar-refractivity contribution in [2.45, 2.75) is 32.2 Å². The minimum absolute atomic E-state index is 0.0633. The van der Waals surface area contributed by atoms with Gasteiger partial charge in [-0.05, 0) is 55.2 Å². The maximum absolute atomic E-state index is 13.1. The molecule has 3 aromatic rings. The number of nitrogens with zero attached hydrogens (tertiary/aromatic N) is 3. The highest BCUT2D eigenvalue weighted by atomic mass is 19.1. The van der Waals surface area contributed by atoms with Gasteiger partial charge in [-0.15, -0.1) is 0 Å². The van der Waals surface area contributed by atoms with Gasteiger partial charge in [-0.1, -0.05) is 29.4 Å². The van der Waals surface area contributed by atoms with Gasteiger partial charge >= 0.3 is 0 Å². The van der Waals surface area contributed by atoms with E-state index in [0.29, 0.717) is 30.2 Å². The number of benzene rings is 2. The van der Waals surface area contributed by atoms with Crippen molar-refractivity contribution in [2.24, 2.45) is 0 Å². The van der Waals surface area contributed by atoms with Crippen LogP contribution in [0, 0.1) is 12.7 Å². The van der Waals surface area contributed by atoms with E-state index >= 15 is 0 Å². The Kier molecular flexibility index (Phi) is 4.71. The lowest BCUT2D eigenvalue weighted by Gasteiger charge is -2.22. The first-order valence-corrected chi connectivity index (χ1v) is 9.05. The van der Waals surface area contributed by atoms with Crippen molar-refractivity contribution in [2.75, 3.05) is 6.54 Å². The average molecular weight is 365 g/mol. The molecule has 1 aliphatic rings. The molecule has 0 bridgehead atoms. The Morgan fingerprint density at radius 2 is 2.00 bits per heavy atom. The van der Waals surface area contributed by atoms with E-state index in [1.54, 1.807) is 12.1 Å². The molecule has 0 unspecified atom stereocenters. The van der Waals surface area contributed by atoms with E-state index in [-0.39, 0.29) is 17.8 Å². The Labute approximate surface area is 156 Å². The van der Waals surface area contributed by atoms with Crippen molar-refractivity contribution < 1.29 is 13.7 Å². The second kappa shape index (κ2) is 7.31. The number of carbonyl (C=O) groups excluding carboxylic acids is 1. The molecule has 1 fully saturated rings. The monoisotopic (exact) mass is 365 g/mol. The lowest BCUT2D eigenvalue weighted by atomic mass is 10.1. The van der Waals surface area contributed by atoms with Gasteiger partial charge in [0.1, 0.15) is 11.9 Å². The van der Waals surface area contributed by atoms with Gasteiger partial charge in [0.05, 0.1) is 6.42 Å². The molecule has 0 aliphatic carbocycles. The van der Waals surface area contributed by atoms with Crippen LogP contribution in [0.25, 0.3) is 11.4 Å². The Morgan fingerprint density at radius 3 is 2.78 bits per heavy atom. The summed E-state index contributed by atoms with van der Waals surface area (Å²) in [5.41, 5.74) is 2.82.